The standard InChI is InChI=1S/C8H10O2.Os/c9-6-7-10-8-4-2-1-3-5-8;/h1-5,9H,6-7H2;. The SMILES string of the molecule is OCCOc1ccccc1.[Os]. The number of aliphatic hydroxyl groups excluding tert-OH is 1. The van der Waals surface area contributed by atoms with E-state index in [4.69, 9.17) is 9.84 Å². The molecule has 62 valence electrons. The smallest absolute Gasteiger partial charge is 0.119 e. The molecular formula is C8H10O2Os. The number of rotatable bonds is 3. The first-order valence-corrected chi connectivity index (χ1v) is 3.22. The van der Waals surface area contributed by atoms with E-state index in [9.17, 15) is 0 Å². The Bertz CT molecular complexity index is 177. The minimum atomic E-state index is 0. The molecule has 1 aromatic carbocycles. The van der Waals surface area contributed by atoms with Gasteiger partial charge in [-0.25, -0.2) is 0 Å². The van der Waals surface area contributed by atoms with Crippen molar-refractivity contribution in [2.24, 2.45) is 0 Å². The van der Waals surface area contributed by atoms with Crippen molar-refractivity contribution in [1.29, 1.82) is 0 Å². The molecule has 0 spiro atoms. The van der Waals surface area contributed by atoms with Gasteiger partial charge >= 0.3 is 0 Å². The normalized spacial score (nSPS) is 8.45. The van der Waals surface area contributed by atoms with Crippen molar-refractivity contribution < 1.29 is 29.6 Å². The zero-order chi connectivity index (χ0) is 7.23. The molecular weight excluding hydrogens is 318 g/mol. The number of hydrogen-bond acceptors (Lipinski definition) is 2. The summed E-state index contributed by atoms with van der Waals surface area (Å²) in [5.74, 6) is 0.802. The number of benzene rings is 1. The summed E-state index contributed by atoms with van der Waals surface area (Å²) in [6, 6.07) is 9.43. The second kappa shape index (κ2) is 6.33. The van der Waals surface area contributed by atoms with Crippen LogP contribution in [0.5, 0.6) is 5.75 Å². The van der Waals surface area contributed by atoms with Gasteiger partial charge in [-0.15, -0.1) is 0 Å². The van der Waals surface area contributed by atoms with Crippen molar-refractivity contribution in [3.63, 3.8) is 0 Å². The van der Waals surface area contributed by atoms with Gasteiger partial charge in [0.25, 0.3) is 0 Å². The molecule has 0 saturated carbocycles. The van der Waals surface area contributed by atoms with Crippen LogP contribution < -0.4 is 4.74 Å². The van der Waals surface area contributed by atoms with Gasteiger partial charge in [0.15, 0.2) is 0 Å². The number of hydrogen-bond donors (Lipinski definition) is 1. The third-order valence-corrected chi connectivity index (χ3v) is 1.10. The molecule has 11 heavy (non-hydrogen) atoms. The van der Waals surface area contributed by atoms with E-state index in [2.05, 4.69) is 0 Å². The summed E-state index contributed by atoms with van der Waals surface area (Å²) in [4.78, 5) is 0. The first kappa shape index (κ1) is 10.6. The van der Waals surface area contributed by atoms with Crippen LogP contribution in [0.25, 0.3) is 0 Å². The zero-order valence-corrected chi connectivity index (χ0v) is 8.55. The summed E-state index contributed by atoms with van der Waals surface area (Å²) in [6.45, 7) is 0.429. The molecule has 0 unspecified atom stereocenters. The maximum absolute atomic E-state index is 8.40. The maximum atomic E-state index is 8.40. The summed E-state index contributed by atoms with van der Waals surface area (Å²) in [7, 11) is 0. The van der Waals surface area contributed by atoms with Gasteiger partial charge in [-0.2, -0.15) is 0 Å². The molecule has 0 aliphatic heterocycles. The summed E-state index contributed by atoms with van der Waals surface area (Å²) < 4.78 is 5.11. The van der Waals surface area contributed by atoms with Crippen molar-refractivity contribution in [2.45, 2.75) is 0 Å². The molecule has 0 fully saturated rings. The molecule has 0 radical (unpaired) electrons. The van der Waals surface area contributed by atoms with Gasteiger partial charge in [0.1, 0.15) is 12.4 Å². The molecule has 0 aliphatic carbocycles. The average molecular weight is 328 g/mol. The molecule has 0 aliphatic rings. The predicted octanol–water partition coefficient (Wildman–Crippen LogP) is 1.06. The second-order valence-electron chi connectivity index (χ2n) is 1.89. The second-order valence-corrected chi connectivity index (χ2v) is 1.89. The maximum Gasteiger partial charge on any atom is 0.119 e. The summed E-state index contributed by atoms with van der Waals surface area (Å²) >= 11 is 0. The summed E-state index contributed by atoms with van der Waals surface area (Å²) in [5.41, 5.74) is 0. The van der Waals surface area contributed by atoms with Gasteiger partial charge in [0.2, 0.25) is 0 Å². The van der Waals surface area contributed by atoms with Crippen molar-refractivity contribution in [3.05, 3.63) is 30.3 Å². The van der Waals surface area contributed by atoms with E-state index < -0.39 is 0 Å². The fraction of sp³-hybridized carbons (Fsp3) is 0.250. The Morgan fingerprint density at radius 2 is 1.82 bits per heavy atom. The summed E-state index contributed by atoms with van der Waals surface area (Å²) in [6.07, 6.45) is 0. The fourth-order valence-corrected chi connectivity index (χ4v) is 0.680. The molecule has 0 amide bonds. The van der Waals surface area contributed by atoms with Crippen molar-refractivity contribution >= 4 is 0 Å². The minimum Gasteiger partial charge on any atom is -0.491 e. The molecule has 1 aromatic rings. The van der Waals surface area contributed by atoms with E-state index in [1.54, 1.807) is 0 Å². The predicted molar refractivity (Wildman–Crippen MR) is 39.0 cm³/mol. The van der Waals surface area contributed by atoms with Crippen LogP contribution in [0, 0.1) is 0 Å². The molecule has 0 heterocycles. The van der Waals surface area contributed by atoms with E-state index in [1.807, 2.05) is 30.3 Å². The monoisotopic (exact) mass is 330 g/mol. The van der Waals surface area contributed by atoms with Crippen LogP contribution >= 0.6 is 0 Å². The van der Waals surface area contributed by atoms with E-state index in [0.29, 0.717) is 6.61 Å². The molecule has 0 aromatic heterocycles. The number of ether oxygens (including phenoxy) is 1. The third-order valence-electron chi connectivity index (χ3n) is 1.10. The van der Waals surface area contributed by atoms with Crippen LogP contribution in [-0.4, -0.2) is 18.3 Å². The molecule has 0 saturated heterocycles. The average Bonchev–Trinajstić information content (AvgIpc) is 2.03. The van der Waals surface area contributed by atoms with Crippen molar-refractivity contribution in [1.82, 2.24) is 0 Å². The molecule has 1 rings (SSSR count). The first-order chi connectivity index (χ1) is 4.93. The fourth-order valence-electron chi connectivity index (χ4n) is 0.680. The van der Waals surface area contributed by atoms with E-state index in [-0.39, 0.29) is 26.4 Å². The van der Waals surface area contributed by atoms with Gasteiger partial charge < -0.3 is 9.84 Å². The zero-order valence-electron chi connectivity index (χ0n) is 6.01. The van der Waals surface area contributed by atoms with Gasteiger partial charge in [0.05, 0.1) is 6.61 Å². The topological polar surface area (TPSA) is 29.5 Å². The van der Waals surface area contributed by atoms with Crippen LogP contribution in [0.15, 0.2) is 30.3 Å². The Balaban J connectivity index is 0.000001000. The third kappa shape index (κ3) is 4.13. The van der Waals surface area contributed by atoms with E-state index >= 15 is 0 Å². The van der Waals surface area contributed by atoms with Crippen LogP contribution in [0.4, 0.5) is 0 Å². The Labute approximate surface area is 79.2 Å². The van der Waals surface area contributed by atoms with Gasteiger partial charge in [0, 0.05) is 19.8 Å². The van der Waals surface area contributed by atoms with Gasteiger partial charge in [-0.05, 0) is 12.1 Å². The van der Waals surface area contributed by atoms with Gasteiger partial charge in [-0.1, -0.05) is 18.2 Å². The Kier molecular flexibility index (Phi) is 6.11. The van der Waals surface area contributed by atoms with Gasteiger partial charge in [-0.3, -0.25) is 0 Å². The molecule has 0 bridgehead atoms. The van der Waals surface area contributed by atoms with Crippen molar-refractivity contribution in [3.8, 4) is 5.75 Å². The summed E-state index contributed by atoms with van der Waals surface area (Å²) in [5, 5.41) is 8.40. The Morgan fingerprint density at radius 1 is 1.18 bits per heavy atom. The van der Waals surface area contributed by atoms with Crippen LogP contribution in [0.2, 0.25) is 0 Å². The Morgan fingerprint density at radius 3 is 2.36 bits per heavy atom. The largest absolute Gasteiger partial charge is 0.491 e. The molecule has 3 heteroatoms. The van der Waals surface area contributed by atoms with Crippen molar-refractivity contribution in [2.75, 3.05) is 13.2 Å². The van der Waals surface area contributed by atoms with Crippen LogP contribution in [0.3, 0.4) is 0 Å². The van der Waals surface area contributed by atoms with E-state index in [0.717, 1.165) is 5.75 Å². The van der Waals surface area contributed by atoms with Crippen LogP contribution in [0.1, 0.15) is 0 Å². The first-order valence-electron chi connectivity index (χ1n) is 3.22. The molecule has 0 atom stereocenters. The van der Waals surface area contributed by atoms with Crippen LogP contribution in [-0.2, 0) is 19.8 Å². The molecule has 1 N–H and O–H groups in total. The molecule has 2 nitrogen and oxygen atoms in total. The quantitative estimate of drug-likeness (QED) is 0.899. The number of para-hydroxylation sites is 1. The minimum absolute atomic E-state index is 0. The Hall–Kier alpha value is -0.384. The number of aliphatic hydroxyl groups is 1. The van der Waals surface area contributed by atoms with E-state index in [1.165, 1.54) is 0 Å².